The lowest BCUT2D eigenvalue weighted by molar-refractivity contribution is -0.120. The summed E-state index contributed by atoms with van der Waals surface area (Å²) in [6.45, 7) is 2.58. The molecule has 2 N–H and O–H groups in total. The van der Waals surface area contributed by atoms with Crippen LogP contribution in [0.2, 0.25) is 0 Å². The zero-order chi connectivity index (χ0) is 21.3. The smallest absolute Gasteiger partial charge is 0.263 e. The van der Waals surface area contributed by atoms with Gasteiger partial charge in [-0.25, -0.2) is 13.5 Å². The molecule has 2 aromatic heterocycles. The number of hydrogen-bond donors (Lipinski definition) is 1. The lowest BCUT2D eigenvalue weighted by Gasteiger charge is -2.39. The van der Waals surface area contributed by atoms with Gasteiger partial charge in [-0.2, -0.15) is 0 Å². The number of ether oxygens (including phenoxy) is 1. The predicted octanol–water partition coefficient (Wildman–Crippen LogP) is 1.95. The topological polar surface area (TPSA) is 112 Å². The second kappa shape index (κ2) is 8.01. The number of aryl methyl sites for hydroxylation is 1. The van der Waals surface area contributed by atoms with Gasteiger partial charge in [-0.05, 0) is 31.5 Å². The lowest BCUT2D eigenvalue weighted by atomic mass is 10.0. The molecule has 30 heavy (non-hydrogen) atoms. The lowest BCUT2D eigenvalue weighted by Crippen LogP contribution is -2.55. The van der Waals surface area contributed by atoms with Gasteiger partial charge < -0.3 is 15.4 Å². The average molecular weight is 415 g/mol. The number of rotatable bonds is 7. The second-order valence-electron chi connectivity index (χ2n) is 6.84. The van der Waals surface area contributed by atoms with E-state index in [-0.39, 0.29) is 30.0 Å². The quantitative estimate of drug-likeness (QED) is 0.628. The van der Waals surface area contributed by atoms with E-state index in [9.17, 15) is 13.6 Å². The highest BCUT2D eigenvalue weighted by atomic mass is 19.3. The van der Waals surface area contributed by atoms with Crippen molar-refractivity contribution in [1.29, 1.82) is 0 Å². The largest absolute Gasteiger partial charge is 0.470 e. The van der Waals surface area contributed by atoms with Gasteiger partial charge in [0, 0.05) is 18.2 Å². The Labute approximate surface area is 170 Å². The summed E-state index contributed by atoms with van der Waals surface area (Å²) in [6, 6.07) is 8.81. The number of primary amides is 1. The van der Waals surface area contributed by atoms with E-state index in [1.165, 1.54) is 16.8 Å². The number of carbonyl (C=O) groups is 1. The van der Waals surface area contributed by atoms with Crippen molar-refractivity contribution in [3.05, 3.63) is 53.3 Å². The van der Waals surface area contributed by atoms with Crippen LogP contribution in [0, 0.1) is 6.92 Å². The van der Waals surface area contributed by atoms with Crippen molar-refractivity contribution >= 4 is 11.7 Å². The third-order valence-electron chi connectivity index (χ3n) is 4.97. The van der Waals surface area contributed by atoms with Crippen LogP contribution in [0.15, 0.2) is 36.4 Å². The maximum atomic E-state index is 12.8. The number of amides is 1. The van der Waals surface area contributed by atoms with E-state index in [2.05, 4.69) is 20.5 Å². The SMILES string of the molecule is Cc1nnn(-c2ccc(C(F)F)cc2)c1COc1ccc(N2CC[C@@H]2C(N)=O)nn1. The van der Waals surface area contributed by atoms with E-state index in [1.807, 2.05) is 0 Å². The van der Waals surface area contributed by atoms with Crippen LogP contribution < -0.4 is 15.4 Å². The molecule has 1 aliphatic heterocycles. The Hall–Kier alpha value is -3.63. The van der Waals surface area contributed by atoms with Crippen molar-refractivity contribution in [2.24, 2.45) is 5.73 Å². The molecule has 11 heteroatoms. The summed E-state index contributed by atoms with van der Waals surface area (Å²) in [4.78, 5) is 13.1. The number of carbonyl (C=O) groups excluding carboxylic acids is 1. The number of anilines is 1. The molecule has 1 aromatic carbocycles. The first kappa shape index (κ1) is 19.7. The Balaban J connectivity index is 1.45. The number of nitrogens with zero attached hydrogens (tertiary/aromatic N) is 6. The van der Waals surface area contributed by atoms with Crippen LogP contribution in [-0.2, 0) is 11.4 Å². The summed E-state index contributed by atoms with van der Waals surface area (Å²) in [5.74, 6) is 0.454. The van der Waals surface area contributed by atoms with Gasteiger partial charge in [-0.3, -0.25) is 4.79 Å². The molecule has 9 nitrogen and oxygen atoms in total. The van der Waals surface area contributed by atoms with Crippen LogP contribution in [0.3, 0.4) is 0 Å². The minimum atomic E-state index is -2.53. The van der Waals surface area contributed by atoms with E-state index in [0.717, 1.165) is 0 Å². The molecule has 1 fully saturated rings. The highest BCUT2D eigenvalue weighted by Crippen LogP contribution is 2.25. The van der Waals surface area contributed by atoms with Crippen molar-refractivity contribution < 1.29 is 18.3 Å². The van der Waals surface area contributed by atoms with E-state index in [1.54, 1.807) is 36.1 Å². The molecule has 3 heterocycles. The fourth-order valence-electron chi connectivity index (χ4n) is 3.15. The number of nitrogens with two attached hydrogens (primary N) is 1. The molecule has 156 valence electrons. The van der Waals surface area contributed by atoms with Crippen LogP contribution in [0.25, 0.3) is 5.69 Å². The standard InChI is InChI=1S/C19H19F2N7O2/c1-11-15(28(26-23-11)13-4-2-12(3-5-13)18(20)21)10-30-17-7-6-16(24-25-17)27-9-8-14(27)19(22)29/h2-7,14,18H,8-10H2,1H3,(H2,22,29)/t14-/m1/s1. The molecule has 3 aromatic rings. The minimum Gasteiger partial charge on any atom is -0.470 e. The Morgan fingerprint density at radius 3 is 2.53 bits per heavy atom. The zero-order valence-corrected chi connectivity index (χ0v) is 16.1. The summed E-state index contributed by atoms with van der Waals surface area (Å²) >= 11 is 0. The van der Waals surface area contributed by atoms with Crippen LogP contribution in [-0.4, -0.2) is 43.7 Å². The van der Waals surface area contributed by atoms with Crippen molar-refractivity contribution in [3.63, 3.8) is 0 Å². The van der Waals surface area contributed by atoms with Gasteiger partial charge in [0.25, 0.3) is 6.43 Å². The second-order valence-corrected chi connectivity index (χ2v) is 6.84. The molecule has 0 aliphatic carbocycles. The van der Waals surface area contributed by atoms with E-state index in [0.29, 0.717) is 35.9 Å². The van der Waals surface area contributed by atoms with Crippen LogP contribution in [0.4, 0.5) is 14.6 Å². The first-order valence-corrected chi connectivity index (χ1v) is 9.26. The fraction of sp³-hybridized carbons (Fsp3) is 0.316. The Morgan fingerprint density at radius 1 is 1.20 bits per heavy atom. The number of hydrogen-bond acceptors (Lipinski definition) is 7. The first-order valence-electron chi connectivity index (χ1n) is 9.26. The highest BCUT2D eigenvalue weighted by molar-refractivity contribution is 5.85. The maximum Gasteiger partial charge on any atom is 0.263 e. The number of alkyl halides is 2. The van der Waals surface area contributed by atoms with E-state index >= 15 is 0 Å². The third kappa shape index (κ3) is 3.78. The molecule has 0 unspecified atom stereocenters. The van der Waals surface area contributed by atoms with Gasteiger partial charge in [-0.1, -0.05) is 17.3 Å². The molecule has 4 rings (SSSR count). The number of aromatic nitrogens is 5. The molecular formula is C19H19F2N7O2. The van der Waals surface area contributed by atoms with Crippen molar-refractivity contribution in [2.45, 2.75) is 32.4 Å². The van der Waals surface area contributed by atoms with Crippen molar-refractivity contribution in [3.8, 4) is 11.6 Å². The van der Waals surface area contributed by atoms with E-state index in [4.69, 9.17) is 10.5 Å². The van der Waals surface area contributed by atoms with Crippen molar-refractivity contribution in [2.75, 3.05) is 11.4 Å². The van der Waals surface area contributed by atoms with Gasteiger partial charge in [0.1, 0.15) is 18.3 Å². The van der Waals surface area contributed by atoms with Gasteiger partial charge in [0.2, 0.25) is 11.8 Å². The fourth-order valence-corrected chi connectivity index (χ4v) is 3.15. The monoisotopic (exact) mass is 415 g/mol. The van der Waals surface area contributed by atoms with Crippen LogP contribution >= 0.6 is 0 Å². The Morgan fingerprint density at radius 2 is 1.97 bits per heavy atom. The summed E-state index contributed by atoms with van der Waals surface area (Å²) in [5, 5.41) is 16.2. The molecule has 0 radical (unpaired) electrons. The first-order chi connectivity index (χ1) is 14.4. The predicted molar refractivity (Wildman–Crippen MR) is 102 cm³/mol. The third-order valence-corrected chi connectivity index (χ3v) is 4.97. The van der Waals surface area contributed by atoms with E-state index < -0.39 is 6.43 Å². The Kier molecular flexibility index (Phi) is 5.25. The van der Waals surface area contributed by atoms with Crippen LogP contribution in [0.5, 0.6) is 5.88 Å². The maximum absolute atomic E-state index is 12.8. The molecule has 0 saturated carbocycles. The molecule has 1 amide bonds. The summed E-state index contributed by atoms with van der Waals surface area (Å²) in [5.41, 5.74) is 7.18. The molecule has 0 spiro atoms. The summed E-state index contributed by atoms with van der Waals surface area (Å²) in [7, 11) is 0. The molecule has 1 aliphatic rings. The van der Waals surface area contributed by atoms with Crippen LogP contribution in [0.1, 0.15) is 29.8 Å². The van der Waals surface area contributed by atoms with Gasteiger partial charge in [0.05, 0.1) is 11.4 Å². The van der Waals surface area contributed by atoms with Gasteiger partial charge in [0.15, 0.2) is 5.82 Å². The Bertz CT molecular complexity index is 1040. The number of halogens is 2. The summed E-state index contributed by atoms with van der Waals surface area (Å²) in [6.07, 6.45) is -1.83. The van der Waals surface area contributed by atoms with Crippen molar-refractivity contribution in [1.82, 2.24) is 25.2 Å². The normalized spacial score (nSPS) is 15.9. The molecule has 0 bridgehead atoms. The molecule has 1 saturated heterocycles. The summed E-state index contributed by atoms with van der Waals surface area (Å²) < 4.78 is 32.8. The number of benzene rings is 1. The average Bonchev–Trinajstić information content (AvgIpc) is 3.06. The molecular weight excluding hydrogens is 396 g/mol. The molecule has 1 atom stereocenters. The zero-order valence-electron chi connectivity index (χ0n) is 16.1. The minimum absolute atomic E-state index is 0.0653. The van der Waals surface area contributed by atoms with Gasteiger partial charge >= 0.3 is 0 Å². The highest BCUT2D eigenvalue weighted by Gasteiger charge is 2.33. The van der Waals surface area contributed by atoms with Gasteiger partial charge in [-0.15, -0.1) is 15.3 Å².